The third-order valence-electron chi connectivity index (χ3n) is 4.31. The van der Waals surface area contributed by atoms with Crippen LogP contribution in [0.4, 0.5) is 4.39 Å². The summed E-state index contributed by atoms with van der Waals surface area (Å²) < 4.78 is 24.5. The first-order valence-corrected chi connectivity index (χ1v) is 9.46. The Morgan fingerprint density at radius 2 is 1.77 bits per heavy atom. The smallest absolute Gasteiger partial charge is 0.337 e. The second-order valence-corrected chi connectivity index (χ2v) is 6.87. The van der Waals surface area contributed by atoms with E-state index in [2.05, 4.69) is 10.1 Å². The van der Waals surface area contributed by atoms with E-state index in [1.807, 2.05) is 12.1 Å². The van der Waals surface area contributed by atoms with E-state index >= 15 is 0 Å². The summed E-state index contributed by atoms with van der Waals surface area (Å²) in [6.45, 7) is 0.410. The van der Waals surface area contributed by atoms with Crippen LogP contribution < -0.4 is 10.1 Å². The standard InChI is InChI=1S/C23H19ClFNO4/c1-29-23(28)17-7-5-15(6-8-17)13-26-22(27)20-12-19(9-10-21(20)25)30-14-16-3-2-4-18(24)11-16/h2-12H,13-14H2,1H3,(H,26,27). The van der Waals surface area contributed by atoms with Crippen LogP contribution in [0.5, 0.6) is 5.75 Å². The van der Waals surface area contributed by atoms with Gasteiger partial charge in [0.05, 0.1) is 18.2 Å². The second-order valence-electron chi connectivity index (χ2n) is 6.43. The van der Waals surface area contributed by atoms with Crippen LogP contribution in [0, 0.1) is 5.82 Å². The molecule has 30 heavy (non-hydrogen) atoms. The highest BCUT2D eigenvalue weighted by molar-refractivity contribution is 6.30. The molecule has 0 aliphatic heterocycles. The molecule has 3 aromatic rings. The summed E-state index contributed by atoms with van der Waals surface area (Å²) in [6.07, 6.45) is 0. The zero-order chi connectivity index (χ0) is 21.5. The highest BCUT2D eigenvalue weighted by atomic mass is 35.5. The maximum absolute atomic E-state index is 14.2. The Bertz CT molecular complexity index is 1050. The molecule has 0 unspecified atom stereocenters. The van der Waals surface area contributed by atoms with Gasteiger partial charge in [-0.1, -0.05) is 35.9 Å². The minimum Gasteiger partial charge on any atom is -0.489 e. The zero-order valence-corrected chi connectivity index (χ0v) is 16.9. The lowest BCUT2D eigenvalue weighted by molar-refractivity contribution is 0.0600. The molecule has 154 valence electrons. The van der Waals surface area contributed by atoms with Crippen LogP contribution in [-0.4, -0.2) is 19.0 Å². The van der Waals surface area contributed by atoms with Crippen molar-refractivity contribution in [1.29, 1.82) is 0 Å². The number of amides is 1. The number of hydrogen-bond donors (Lipinski definition) is 1. The van der Waals surface area contributed by atoms with Crippen LogP contribution in [-0.2, 0) is 17.9 Å². The van der Waals surface area contributed by atoms with Gasteiger partial charge in [0.1, 0.15) is 18.2 Å². The van der Waals surface area contributed by atoms with Gasteiger partial charge >= 0.3 is 5.97 Å². The number of carbonyl (C=O) groups excluding carboxylic acids is 2. The number of nitrogens with one attached hydrogen (secondary N) is 1. The van der Waals surface area contributed by atoms with E-state index in [4.69, 9.17) is 16.3 Å². The monoisotopic (exact) mass is 427 g/mol. The SMILES string of the molecule is COC(=O)c1ccc(CNC(=O)c2cc(OCc3cccc(Cl)c3)ccc2F)cc1. The fourth-order valence-corrected chi connectivity index (χ4v) is 2.93. The fraction of sp³-hybridized carbons (Fsp3) is 0.130. The highest BCUT2D eigenvalue weighted by Gasteiger charge is 2.13. The Morgan fingerprint density at radius 3 is 2.47 bits per heavy atom. The highest BCUT2D eigenvalue weighted by Crippen LogP contribution is 2.19. The van der Waals surface area contributed by atoms with Crippen LogP contribution in [0.3, 0.4) is 0 Å². The van der Waals surface area contributed by atoms with Gasteiger partial charge in [0.15, 0.2) is 0 Å². The Labute approximate surface area is 178 Å². The number of halogens is 2. The summed E-state index contributed by atoms with van der Waals surface area (Å²) in [5, 5.41) is 3.25. The molecule has 0 fully saturated rings. The molecule has 0 bridgehead atoms. The number of hydrogen-bond acceptors (Lipinski definition) is 4. The van der Waals surface area contributed by atoms with Crippen molar-refractivity contribution in [2.45, 2.75) is 13.2 Å². The molecule has 0 heterocycles. The van der Waals surface area contributed by atoms with Crippen molar-refractivity contribution >= 4 is 23.5 Å². The summed E-state index contributed by atoms with van der Waals surface area (Å²) in [5.41, 5.74) is 1.89. The van der Waals surface area contributed by atoms with Gasteiger partial charge in [-0.15, -0.1) is 0 Å². The van der Waals surface area contributed by atoms with E-state index in [1.54, 1.807) is 36.4 Å². The lowest BCUT2D eigenvalue weighted by Crippen LogP contribution is -2.24. The van der Waals surface area contributed by atoms with Crippen molar-refractivity contribution in [1.82, 2.24) is 5.32 Å². The van der Waals surface area contributed by atoms with Crippen molar-refractivity contribution in [3.05, 3.63) is 99.8 Å². The first kappa shape index (κ1) is 21.3. The molecule has 0 saturated heterocycles. The van der Waals surface area contributed by atoms with Gasteiger partial charge in [0, 0.05) is 11.6 Å². The van der Waals surface area contributed by atoms with Crippen LogP contribution in [0.25, 0.3) is 0 Å². The van der Waals surface area contributed by atoms with Gasteiger partial charge in [-0.05, 0) is 53.6 Å². The first-order chi connectivity index (χ1) is 14.5. The van der Waals surface area contributed by atoms with Crippen LogP contribution >= 0.6 is 11.6 Å². The largest absolute Gasteiger partial charge is 0.489 e. The van der Waals surface area contributed by atoms with Crippen molar-refractivity contribution in [2.75, 3.05) is 7.11 Å². The molecule has 0 atom stereocenters. The predicted molar refractivity (Wildman–Crippen MR) is 111 cm³/mol. The van der Waals surface area contributed by atoms with Gasteiger partial charge in [-0.2, -0.15) is 0 Å². The molecule has 5 nitrogen and oxygen atoms in total. The van der Waals surface area contributed by atoms with Crippen molar-refractivity contribution in [3.63, 3.8) is 0 Å². The van der Waals surface area contributed by atoms with Crippen LogP contribution in [0.2, 0.25) is 5.02 Å². The number of carbonyl (C=O) groups is 2. The van der Waals surface area contributed by atoms with Crippen molar-refractivity contribution < 1.29 is 23.5 Å². The van der Waals surface area contributed by atoms with E-state index < -0.39 is 17.7 Å². The third-order valence-corrected chi connectivity index (χ3v) is 4.54. The minimum absolute atomic E-state index is 0.121. The Morgan fingerprint density at radius 1 is 1.00 bits per heavy atom. The molecule has 0 saturated carbocycles. The van der Waals surface area contributed by atoms with E-state index in [1.165, 1.54) is 25.3 Å². The molecular formula is C23H19ClFNO4. The molecule has 3 aromatic carbocycles. The number of rotatable bonds is 7. The molecule has 0 aromatic heterocycles. The van der Waals surface area contributed by atoms with E-state index in [9.17, 15) is 14.0 Å². The average Bonchev–Trinajstić information content (AvgIpc) is 2.76. The van der Waals surface area contributed by atoms with Gasteiger partial charge in [-0.25, -0.2) is 9.18 Å². The topological polar surface area (TPSA) is 64.6 Å². The summed E-state index contributed by atoms with van der Waals surface area (Å²) in [5.74, 6) is -1.30. The average molecular weight is 428 g/mol. The normalized spacial score (nSPS) is 10.4. The van der Waals surface area contributed by atoms with Gasteiger partial charge in [0.2, 0.25) is 0 Å². The maximum Gasteiger partial charge on any atom is 0.337 e. The summed E-state index contributed by atoms with van der Waals surface area (Å²) >= 11 is 5.95. The molecule has 3 rings (SSSR count). The fourth-order valence-electron chi connectivity index (χ4n) is 2.72. The minimum atomic E-state index is -0.649. The molecule has 0 aliphatic carbocycles. The number of methoxy groups -OCH3 is 1. The molecule has 1 amide bonds. The van der Waals surface area contributed by atoms with E-state index in [0.717, 1.165) is 11.1 Å². The number of benzene rings is 3. The van der Waals surface area contributed by atoms with E-state index in [-0.39, 0.29) is 18.7 Å². The maximum atomic E-state index is 14.2. The Balaban J connectivity index is 1.62. The Kier molecular flexibility index (Phi) is 7.03. The summed E-state index contributed by atoms with van der Waals surface area (Å²) in [7, 11) is 1.30. The molecular weight excluding hydrogens is 409 g/mol. The first-order valence-electron chi connectivity index (χ1n) is 9.08. The van der Waals surface area contributed by atoms with Crippen molar-refractivity contribution in [3.8, 4) is 5.75 Å². The molecule has 0 radical (unpaired) electrons. The van der Waals surface area contributed by atoms with E-state index in [0.29, 0.717) is 16.3 Å². The molecule has 0 spiro atoms. The summed E-state index contributed by atoms with van der Waals surface area (Å²) in [6, 6.07) is 17.8. The third kappa shape index (κ3) is 5.58. The predicted octanol–water partition coefficient (Wildman–Crippen LogP) is 4.77. The van der Waals surface area contributed by atoms with Crippen LogP contribution in [0.1, 0.15) is 31.8 Å². The van der Waals surface area contributed by atoms with Crippen LogP contribution in [0.15, 0.2) is 66.7 Å². The lowest BCUT2D eigenvalue weighted by Gasteiger charge is -2.10. The molecule has 7 heteroatoms. The van der Waals surface area contributed by atoms with Gasteiger partial charge in [-0.3, -0.25) is 4.79 Å². The number of esters is 1. The molecule has 0 aliphatic rings. The second kappa shape index (κ2) is 9.89. The van der Waals surface area contributed by atoms with Gasteiger partial charge < -0.3 is 14.8 Å². The number of ether oxygens (including phenoxy) is 2. The Hall–Kier alpha value is -3.38. The molecule has 1 N–H and O–H groups in total. The lowest BCUT2D eigenvalue weighted by atomic mass is 10.1. The van der Waals surface area contributed by atoms with Gasteiger partial charge in [0.25, 0.3) is 5.91 Å². The zero-order valence-electron chi connectivity index (χ0n) is 16.2. The summed E-state index contributed by atoms with van der Waals surface area (Å²) in [4.78, 5) is 23.9. The quantitative estimate of drug-likeness (QED) is 0.551. The van der Waals surface area contributed by atoms with Crippen molar-refractivity contribution in [2.24, 2.45) is 0 Å².